The van der Waals surface area contributed by atoms with E-state index in [0.29, 0.717) is 11.5 Å². The Morgan fingerprint density at radius 3 is 2.90 bits per heavy atom. The molecule has 1 aromatic heterocycles. The number of nitrogens with two attached hydrogens (primary N) is 1. The average Bonchev–Trinajstić information content (AvgIpc) is 2.73. The largest absolute Gasteiger partial charge is 0.394 e. The maximum Gasteiger partial charge on any atom is 0.233 e. The van der Waals surface area contributed by atoms with Gasteiger partial charge in [-0.15, -0.1) is 0 Å². The van der Waals surface area contributed by atoms with Crippen LogP contribution in [-0.4, -0.2) is 15.7 Å². The van der Waals surface area contributed by atoms with Gasteiger partial charge in [0.1, 0.15) is 0 Å². The van der Waals surface area contributed by atoms with E-state index in [1.165, 1.54) is 5.56 Å². The highest BCUT2D eigenvalue weighted by atomic mass is 16.2. The quantitative estimate of drug-likeness (QED) is 0.889. The molecule has 0 bridgehead atoms. The van der Waals surface area contributed by atoms with Gasteiger partial charge in [0.25, 0.3) is 0 Å². The Kier molecular flexibility index (Phi) is 3.41. The van der Waals surface area contributed by atoms with Gasteiger partial charge >= 0.3 is 0 Å². The van der Waals surface area contributed by atoms with Crippen LogP contribution in [0.5, 0.6) is 0 Å². The standard InChI is InChI=1S/C16H20N4O/c1-10-14(17)15(20(2)19-10)18-16(21)13-9-5-7-11-6-3-4-8-12(11)13/h3-4,6,8,13H,5,7,9,17H2,1-2H3,(H,18,21). The van der Waals surface area contributed by atoms with Crippen LogP contribution in [0.1, 0.15) is 35.6 Å². The highest BCUT2D eigenvalue weighted by Crippen LogP contribution is 2.33. The summed E-state index contributed by atoms with van der Waals surface area (Å²) in [6, 6.07) is 8.18. The Hall–Kier alpha value is -2.30. The summed E-state index contributed by atoms with van der Waals surface area (Å²) in [5.41, 5.74) is 9.66. The molecule has 21 heavy (non-hydrogen) atoms. The van der Waals surface area contributed by atoms with Crippen LogP contribution in [0.15, 0.2) is 24.3 Å². The van der Waals surface area contributed by atoms with Crippen LogP contribution >= 0.6 is 0 Å². The van der Waals surface area contributed by atoms with Crippen molar-refractivity contribution in [1.29, 1.82) is 0 Å². The number of hydrogen-bond acceptors (Lipinski definition) is 3. The molecule has 3 rings (SSSR count). The topological polar surface area (TPSA) is 72.9 Å². The Morgan fingerprint density at radius 2 is 2.19 bits per heavy atom. The van der Waals surface area contributed by atoms with Crippen LogP contribution in [0.25, 0.3) is 0 Å². The molecule has 1 amide bonds. The van der Waals surface area contributed by atoms with Crippen LogP contribution in [0.2, 0.25) is 0 Å². The molecule has 3 N–H and O–H groups in total. The van der Waals surface area contributed by atoms with E-state index in [-0.39, 0.29) is 11.8 Å². The molecule has 5 nitrogen and oxygen atoms in total. The van der Waals surface area contributed by atoms with Crippen LogP contribution in [0, 0.1) is 6.92 Å². The molecule has 0 aliphatic heterocycles. The van der Waals surface area contributed by atoms with Crippen LogP contribution in [0.3, 0.4) is 0 Å². The number of rotatable bonds is 2. The molecule has 5 heteroatoms. The monoisotopic (exact) mass is 284 g/mol. The van der Waals surface area contributed by atoms with Crippen molar-refractivity contribution in [2.45, 2.75) is 32.1 Å². The lowest BCUT2D eigenvalue weighted by atomic mass is 9.82. The van der Waals surface area contributed by atoms with E-state index in [2.05, 4.69) is 22.5 Å². The molecule has 1 aliphatic carbocycles. The van der Waals surface area contributed by atoms with E-state index >= 15 is 0 Å². The number of aromatic nitrogens is 2. The molecule has 0 fully saturated rings. The van der Waals surface area contributed by atoms with Crippen molar-refractivity contribution < 1.29 is 4.79 Å². The highest BCUT2D eigenvalue weighted by molar-refractivity contribution is 5.97. The number of benzene rings is 1. The predicted molar refractivity (Wildman–Crippen MR) is 83.1 cm³/mol. The van der Waals surface area contributed by atoms with E-state index in [4.69, 9.17) is 5.73 Å². The zero-order chi connectivity index (χ0) is 15.0. The van der Waals surface area contributed by atoms with Gasteiger partial charge in [-0.3, -0.25) is 9.48 Å². The summed E-state index contributed by atoms with van der Waals surface area (Å²) in [7, 11) is 1.79. The van der Waals surface area contributed by atoms with Crippen molar-refractivity contribution in [3.05, 3.63) is 41.1 Å². The van der Waals surface area contributed by atoms with Crippen molar-refractivity contribution in [2.75, 3.05) is 11.1 Å². The number of nitrogens with one attached hydrogen (secondary N) is 1. The summed E-state index contributed by atoms with van der Waals surface area (Å²) < 4.78 is 1.62. The van der Waals surface area contributed by atoms with Crippen molar-refractivity contribution in [3.63, 3.8) is 0 Å². The maximum atomic E-state index is 12.6. The van der Waals surface area contributed by atoms with E-state index in [9.17, 15) is 4.79 Å². The summed E-state index contributed by atoms with van der Waals surface area (Å²) in [5.74, 6) is 0.474. The number of aryl methyl sites for hydroxylation is 3. The molecule has 0 saturated heterocycles. The second-order valence-electron chi connectivity index (χ2n) is 5.60. The second kappa shape index (κ2) is 5.24. The molecule has 0 radical (unpaired) electrons. The molecule has 1 unspecified atom stereocenters. The molecule has 1 aliphatic rings. The number of nitrogen functional groups attached to an aromatic ring is 1. The van der Waals surface area contributed by atoms with Crippen LogP contribution in [-0.2, 0) is 18.3 Å². The van der Waals surface area contributed by atoms with E-state index < -0.39 is 0 Å². The molecule has 1 heterocycles. The lowest BCUT2D eigenvalue weighted by Crippen LogP contribution is -2.26. The summed E-state index contributed by atoms with van der Waals surface area (Å²) in [5, 5.41) is 7.18. The number of hydrogen-bond donors (Lipinski definition) is 2. The maximum absolute atomic E-state index is 12.6. The first-order valence-corrected chi connectivity index (χ1v) is 7.25. The van der Waals surface area contributed by atoms with Gasteiger partial charge in [0.05, 0.1) is 17.3 Å². The molecule has 1 aromatic carbocycles. The van der Waals surface area contributed by atoms with E-state index in [1.807, 2.05) is 19.1 Å². The number of carbonyl (C=O) groups is 1. The number of carbonyl (C=O) groups excluding carboxylic acids is 1. The Labute approximate surface area is 124 Å². The van der Waals surface area contributed by atoms with Gasteiger partial charge in [-0.1, -0.05) is 24.3 Å². The first-order chi connectivity index (χ1) is 10.1. The summed E-state index contributed by atoms with van der Waals surface area (Å²) in [6.45, 7) is 1.83. The third-order valence-corrected chi connectivity index (χ3v) is 4.20. The van der Waals surface area contributed by atoms with Gasteiger partial charge in [0.2, 0.25) is 5.91 Å². The lowest BCUT2D eigenvalue weighted by molar-refractivity contribution is -0.117. The lowest BCUT2D eigenvalue weighted by Gasteiger charge is -2.24. The SMILES string of the molecule is Cc1nn(C)c(NC(=O)C2CCCc3ccccc32)c1N. The number of amides is 1. The Morgan fingerprint density at radius 1 is 1.43 bits per heavy atom. The zero-order valence-electron chi connectivity index (χ0n) is 12.4. The summed E-state index contributed by atoms with van der Waals surface area (Å²) in [6.07, 6.45) is 2.96. The van der Waals surface area contributed by atoms with Crippen LogP contribution in [0.4, 0.5) is 11.5 Å². The third-order valence-electron chi connectivity index (χ3n) is 4.20. The number of anilines is 2. The number of nitrogens with zero attached hydrogens (tertiary/aromatic N) is 2. The summed E-state index contributed by atoms with van der Waals surface area (Å²) >= 11 is 0. The normalized spacial score (nSPS) is 17.3. The fourth-order valence-electron chi connectivity index (χ4n) is 3.05. The number of fused-ring (bicyclic) bond motifs is 1. The zero-order valence-corrected chi connectivity index (χ0v) is 12.4. The smallest absolute Gasteiger partial charge is 0.233 e. The van der Waals surface area contributed by atoms with Gasteiger partial charge in [-0.2, -0.15) is 5.10 Å². The van der Waals surface area contributed by atoms with Crippen molar-refractivity contribution in [2.24, 2.45) is 7.05 Å². The molecule has 2 aromatic rings. The first-order valence-electron chi connectivity index (χ1n) is 7.25. The van der Waals surface area contributed by atoms with Gasteiger partial charge in [-0.05, 0) is 37.3 Å². The van der Waals surface area contributed by atoms with Gasteiger partial charge < -0.3 is 11.1 Å². The summed E-state index contributed by atoms with van der Waals surface area (Å²) in [4.78, 5) is 12.6. The van der Waals surface area contributed by atoms with Gasteiger partial charge in [-0.25, -0.2) is 0 Å². The molecular formula is C16H20N4O. The third kappa shape index (κ3) is 2.39. The highest BCUT2D eigenvalue weighted by Gasteiger charge is 2.27. The van der Waals surface area contributed by atoms with Crippen LogP contribution < -0.4 is 11.1 Å². The second-order valence-corrected chi connectivity index (χ2v) is 5.60. The average molecular weight is 284 g/mol. The van der Waals surface area contributed by atoms with Gasteiger partial charge in [0.15, 0.2) is 5.82 Å². The van der Waals surface area contributed by atoms with Crippen molar-refractivity contribution in [3.8, 4) is 0 Å². The van der Waals surface area contributed by atoms with E-state index in [0.717, 1.165) is 30.5 Å². The molecule has 0 spiro atoms. The Bertz CT molecular complexity index is 690. The van der Waals surface area contributed by atoms with Gasteiger partial charge in [0, 0.05) is 7.05 Å². The minimum Gasteiger partial charge on any atom is -0.394 e. The van der Waals surface area contributed by atoms with Crippen molar-refractivity contribution in [1.82, 2.24) is 9.78 Å². The fourth-order valence-corrected chi connectivity index (χ4v) is 3.05. The fraction of sp³-hybridized carbons (Fsp3) is 0.375. The first kappa shape index (κ1) is 13.7. The molecular weight excluding hydrogens is 264 g/mol. The molecule has 110 valence electrons. The molecule has 1 atom stereocenters. The van der Waals surface area contributed by atoms with E-state index in [1.54, 1.807) is 11.7 Å². The molecule has 0 saturated carbocycles. The van der Waals surface area contributed by atoms with Crippen molar-refractivity contribution >= 4 is 17.4 Å². The Balaban J connectivity index is 1.87. The minimum absolute atomic E-state index is 0.00292. The predicted octanol–water partition coefficient (Wildman–Crippen LogP) is 2.37. The minimum atomic E-state index is -0.107.